The molecule has 2 rings (SSSR count). The van der Waals surface area contributed by atoms with Crippen LogP contribution in [-0.2, 0) is 4.79 Å². The van der Waals surface area contributed by atoms with E-state index in [1.165, 1.54) is 0 Å². The van der Waals surface area contributed by atoms with E-state index in [0.29, 0.717) is 41.8 Å². The van der Waals surface area contributed by atoms with Crippen LogP contribution in [0.4, 0.5) is 5.69 Å². The third kappa shape index (κ3) is 6.10. The van der Waals surface area contributed by atoms with Crippen LogP contribution in [0.25, 0.3) is 0 Å². The Morgan fingerprint density at radius 1 is 0.929 bits per heavy atom. The Kier molecular flexibility index (Phi) is 8.06. The maximum absolute atomic E-state index is 12.5. The smallest absolute Gasteiger partial charge is 0.251 e. The fourth-order valence-corrected chi connectivity index (χ4v) is 3.18. The van der Waals surface area contributed by atoms with E-state index in [-0.39, 0.29) is 11.8 Å². The minimum atomic E-state index is -0.163. The molecular weight excluding hydrogens is 372 g/mol. The van der Waals surface area contributed by atoms with Gasteiger partial charge in [0.25, 0.3) is 5.91 Å². The molecule has 0 aliphatic rings. The standard InChI is InChI=1S/C23H29ClN2O2/c1-15(2)19-7-5-8-20(16(3)4)22(19)26-21(27)9-6-14-25-23(28)17-10-12-18(24)13-11-17/h5,7-8,10-13,15-16H,6,9,14H2,1-4H3,(H,25,28)(H,26,27). The molecule has 2 aromatic carbocycles. The Labute approximate surface area is 172 Å². The van der Waals surface area contributed by atoms with E-state index in [1.807, 2.05) is 6.07 Å². The third-order valence-corrected chi connectivity index (χ3v) is 4.86. The molecule has 0 unspecified atom stereocenters. The third-order valence-electron chi connectivity index (χ3n) is 4.61. The fraction of sp³-hybridized carbons (Fsp3) is 0.391. The van der Waals surface area contributed by atoms with Gasteiger partial charge in [-0.1, -0.05) is 57.5 Å². The summed E-state index contributed by atoms with van der Waals surface area (Å²) in [5.74, 6) is 0.459. The number of anilines is 1. The van der Waals surface area contributed by atoms with Gasteiger partial charge in [0.2, 0.25) is 5.91 Å². The number of hydrogen-bond donors (Lipinski definition) is 2. The lowest BCUT2D eigenvalue weighted by atomic mass is 9.92. The normalized spacial score (nSPS) is 11.0. The summed E-state index contributed by atoms with van der Waals surface area (Å²) in [6.45, 7) is 8.95. The van der Waals surface area contributed by atoms with E-state index in [0.717, 1.165) is 16.8 Å². The molecule has 0 aliphatic carbocycles. The first-order valence-electron chi connectivity index (χ1n) is 9.76. The van der Waals surface area contributed by atoms with E-state index >= 15 is 0 Å². The molecule has 2 amide bonds. The van der Waals surface area contributed by atoms with Gasteiger partial charge in [-0.15, -0.1) is 0 Å². The molecule has 150 valence electrons. The molecule has 0 aromatic heterocycles. The van der Waals surface area contributed by atoms with Crippen LogP contribution >= 0.6 is 11.6 Å². The van der Waals surface area contributed by atoms with Crippen LogP contribution in [0.1, 0.15) is 73.9 Å². The highest BCUT2D eigenvalue weighted by Crippen LogP contribution is 2.32. The van der Waals surface area contributed by atoms with Gasteiger partial charge in [0, 0.05) is 29.2 Å². The maximum atomic E-state index is 12.5. The van der Waals surface area contributed by atoms with Gasteiger partial charge < -0.3 is 10.6 Å². The number of carbonyl (C=O) groups excluding carboxylic acids is 2. The van der Waals surface area contributed by atoms with Crippen LogP contribution in [0.15, 0.2) is 42.5 Å². The van der Waals surface area contributed by atoms with Gasteiger partial charge in [-0.3, -0.25) is 9.59 Å². The van der Waals surface area contributed by atoms with Gasteiger partial charge in [-0.2, -0.15) is 0 Å². The largest absolute Gasteiger partial charge is 0.352 e. The molecule has 5 heteroatoms. The predicted molar refractivity (Wildman–Crippen MR) is 116 cm³/mol. The van der Waals surface area contributed by atoms with Crippen molar-refractivity contribution in [1.82, 2.24) is 5.32 Å². The number of hydrogen-bond acceptors (Lipinski definition) is 2. The zero-order chi connectivity index (χ0) is 20.7. The summed E-state index contributed by atoms with van der Waals surface area (Å²) in [7, 11) is 0. The van der Waals surface area contributed by atoms with E-state index < -0.39 is 0 Å². The van der Waals surface area contributed by atoms with Gasteiger partial charge in [-0.25, -0.2) is 0 Å². The van der Waals surface area contributed by atoms with Crippen molar-refractivity contribution in [2.24, 2.45) is 0 Å². The Hall–Kier alpha value is -2.33. The number of nitrogens with one attached hydrogen (secondary N) is 2. The van der Waals surface area contributed by atoms with Crippen molar-refractivity contribution in [3.8, 4) is 0 Å². The van der Waals surface area contributed by atoms with Crippen molar-refractivity contribution in [1.29, 1.82) is 0 Å². The molecule has 2 N–H and O–H groups in total. The number of para-hydroxylation sites is 1. The first kappa shape index (κ1) is 22.0. The summed E-state index contributed by atoms with van der Waals surface area (Å²) >= 11 is 5.83. The molecule has 0 spiro atoms. The second kappa shape index (κ2) is 10.3. The molecule has 0 bridgehead atoms. The van der Waals surface area contributed by atoms with Crippen molar-refractivity contribution >= 4 is 29.1 Å². The quantitative estimate of drug-likeness (QED) is 0.555. The second-order valence-corrected chi connectivity index (χ2v) is 7.97. The molecule has 0 atom stereocenters. The van der Waals surface area contributed by atoms with Gasteiger partial charge >= 0.3 is 0 Å². The Bertz CT molecular complexity index is 788. The molecule has 2 aromatic rings. The Morgan fingerprint density at radius 2 is 1.50 bits per heavy atom. The van der Waals surface area contributed by atoms with E-state index in [4.69, 9.17) is 11.6 Å². The van der Waals surface area contributed by atoms with Gasteiger partial charge in [0.1, 0.15) is 0 Å². The molecular formula is C23H29ClN2O2. The average molecular weight is 401 g/mol. The van der Waals surface area contributed by atoms with Crippen molar-refractivity contribution < 1.29 is 9.59 Å². The molecule has 4 nitrogen and oxygen atoms in total. The molecule has 0 radical (unpaired) electrons. The second-order valence-electron chi connectivity index (χ2n) is 7.54. The van der Waals surface area contributed by atoms with E-state index in [1.54, 1.807) is 24.3 Å². The highest BCUT2D eigenvalue weighted by molar-refractivity contribution is 6.30. The predicted octanol–water partition coefficient (Wildman–Crippen LogP) is 5.74. The highest BCUT2D eigenvalue weighted by Gasteiger charge is 2.15. The molecule has 0 aliphatic heterocycles. The highest BCUT2D eigenvalue weighted by atomic mass is 35.5. The number of amides is 2. The van der Waals surface area contributed by atoms with Gasteiger partial charge in [0.15, 0.2) is 0 Å². The molecule has 0 saturated heterocycles. The summed E-state index contributed by atoms with van der Waals surface area (Å²) < 4.78 is 0. The monoisotopic (exact) mass is 400 g/mol. The molecule has 28 heavy (non-hydrogen) atoms. The molecule has 0 fully saturated rings. The number of rotatable bonds is 8. The first-order chi connectivity index (χ1) is 13.3. The fourth-order valence-electron chi connectivity index (χ4n) is 3.05. The summed E-state index contributed by atoms with van der Waals surface area (Å²) in [5.41, 5.74) is 3.79. The average Bonchev–Trinajstić information content (AvgIpc) is 2.65. The van der Waals surface area contributed by atoms with Crippen LogP contribution in [0.5, 0.6) is 0 Å². The van der Waals surface area contributed by atoms with Crippen molar-refractivity contribution in [3.63, 3.8) is 0 Å². The maximum Gasteiger partial charge on any atom is 0.251 e. The topological polar surface area (TPSA) is 58.2 Å². The van der Waals surface area contributed by atoms with Crippen molar-refractivity contribution in [3.05, 3.63) is 64.2 Å². The Morgan fingerprint density at radius 3 is 2.04 bits per heavy atom. The van der Waals surface area contributed by atoms with E-state index in [9.17, 15) is 9.59 Å². The van der Waals surface area contributed by atoms with Crippen LogP contribution in [0.2, 0.25) is 5.02 Å². The van der Waals surface area contributed by atoms with Crippen molar-refractivity contribution in [2.75, 3.05) is 11.9 Å². The van der Waals surface area contributed by atoms with E-state index in [2.05, 4.69) is 50.5 Å². The van der Waals surface area contributed by atoms with Crippen LogP contribution in [-0.4, -0.2) is 18.4 Å². The summed E-state index contributed by atoms with van der Waals surface area (Å²) in [5, 5.41) is 6.53. The SMILES string of the molecule is CC(C)c1cccc(C(C)C)c1NC(=O)CCCNC(=O)c1ccc(Cl)cc1. The molecule has 0 saturated carbocycles. The van der Waals surface area contributed by atoms with Gasteiger partial charge in [-0.05, 0) is 53.6 Å². The zero-order valence-corrected chi connectivity index (χ0v) is 17.8. The minimum Gasteiger partial charge on any atom is -0.352 e. The number of benzene rings is 2. The first-order valence-corrected chi connectivity index (χ1v) is 10.1. The summed E-state index contributed by atoms with van der Waals surface area (Å²) in [6, 6.07) is 12.9. The summed E-state index contributed by atoms with van der Waals surface area (Å²) in [4.78, 5) is 24.6. The lowest BCUT2D eigenvalue weighted by Gasteiger charge is -2.20. The number of halogens is 1. The lowest BCUT2D eigenvalue weighted by Crippen LogP contribution is -2.25. The van der Waals surface area contributed by atoms with Crippen LogP contribution in [0.3, 0.4) is 0 Å². The lowest BCUT2D eigenvalue weighted by molar-refractivity contribution is -0.116. The number of carbonyl (C=O) groups is 2. The van der Waals surface area contributed by atoms with Crippen LogP contribution in [0, 0.1) is 0 Å². The van der Waals surface area contributed by atoms with Crippen LogP contribution < -0.4 is 10.6 Å². The zero-order valence-electron chi connectivity index (χ0n) is 17.0. The Balaban J connectivity index is 1.89. The molecule has 0 heterocycles. The summed E-state index contributed by atoms with van der Waals surface area (Å²) in [6.07, 6.45) is 0.927. The van der Waals surface area contributed by atoms with Crippen molar-refractivity contribution in [2.45, 2.75) is 52.4 Å². The van der Waals surface area contributed by atoms with Gasteiger partial charge in [0.05, 0.1) is 0 Å². The minimum absolute atomic E-state index is 0.0317.